The fourth-order valence-electron chi connectivity index (χ4n) is 2.31. The number of unbranched alkanes of at least 4 members (excludes halogenated alkanes) is 9. The van der Waals surface area contributed by atoms with Gasteiger partial charge in [0, 0.05) is 5.54 Å². The van der Waals surface area contributed by atoms with Gasteiger partial charge >= 0.3 is 0 Å². The first-order chi connectivity index (χ1) is 8.48. The smallest absolute Gasteiger partial charge is 0.0123 e. The Morgan fingerprint density at radius 3 is 1.53 bits per heavy atom. The molecule has 0 amide bonds. The molecule has 0 heterocycles. The summed E-state index contributed by atoms with van der Waals surface area (Å²) in [6.45, 7) is 8.86. The molecule has 0 aliphatic carbocycles. The average molecular weight is 274 g/mol. The third-order valence-electron chi connectivity index (χ3n) is 4.26. The molecule has 0 aromatic rings. The maximum absolute atomic E-state index is 6.10. The third-order valence-corrected chi connectivity index (χ3v) is 4.26. The summed E-state index contributed by atoms with van der Waals surface area (Å²) in [5, 5.41) is 0. The molecule has 4 N–H and O–H groups in total. The van der Waals surface area contributed by atoms with Crippen molar-refractivity contribution in [1.82, 2.24) is 0 Å². The molecule has 0 saturated heterocycles. The van der Waals surface area contributed by atoms with Crippen LogP contribution in [0.5, 0.6) is 0 Å². The van der Waals surface area contributed by atoms with Crippen molar-refractivity contribution in [3.8, 4) is 0 Å². The van der Waals surface area contributed by atoms with E-state index in [4.69, 9.17) is 5.73 Å². The molecule has 118 valence electrons. The molecule has 1 atom stereocenters. The third kappa shape index (κ3) is 14.1. The molecule has 0 spiro atoms. The maximum Gasteiger partial charge on any atom is 0.0123 e. The van der Waals surface area contributed by atoms with Crippen molar-refractivity contribution in [3.05, 3.63) is 0 Å². The van der Waals surface area contributed by atoms with E-state index in [1.54, 1.807) is 0 Å². The second-order valence-electron chi connectivity index (χ2n) is 6.69. The minimum atomic E-state index is -0.000717. The first-order valence-corrected chi connectivity index (χ1v) is 8.27. The number of hydrogen-bond donors (Lipinski definition) is 1. The van der Waals surface area contributed by atoms with Gasteiger partial charge in [0.2, 0.25) is 0 Å². The molecule has 1 unspecified atom stereocenters. The summed E-state index contributed by atoms with van der Waals surface area (Å²) in [7, 11) is 0. The summed E-state index contributed by atoms with van der Waals surface area (Å²) in [4.78, 5) is 0. The number of rotatable bonds is 12. The maximum atomic E-state index is 6.10. The van der Waals surface area contributed by atoms with Gasteiger partial charge in [-0.2, -0.15) is 0 Å². The Morgan fingerprint density at radius 1 is 0.789 bits per heavy atom. The summed E-state index contributed by atoms with van der Waals surface area (Å²) in [6, 6.07) is 0. The van der Waals surface area contributed by atoms with Crippen molar-refractivity contribution >= 4 is 0 Å². The van der Waals surface area contributed by atoms with Crippen molar-refractivity contribution in [2.45, 2.75) is 104 Å². The predicted molar refractivity (Wildman–Crippen MR) is 87.5 cm³/mol. The van der Waals surface area contributed by atoms with Crippen molar-refractivity contribution in [1.29, 1.82) is 0 Å². The van der Waals surface area contributed by atoms with E-state index < -0.39 is 0 Å². The second-order valence-corrected chi connectivity index (χ2v) is 6.69. The van der Waals surface area contributed by atoms with E-state index in [1.165, 1.54) is 70.6 Å². The highest BCUT2D eigenvalue weighted by molar-refractivity contribution is 4.78. The van der Waals surface area contributed by atoms with E-state index in [1.807, 2.05) is 0 Å². The summed E-state index contributed by atoms with van der Waals surface area (Å²) in [5.41, 5.74) is 6.10. The van der Waals surface area contributed by atoms with Gasteiger partial charge < -0.3 is 11.2 Å². The first kappa shape index (κ1) is 21.2. The first-order valence-electron chi connectivity index (χ1n) is 8.27. The fourth-order valence-corrected chi connectivity index (χ4v) is 2.31. The zero-order valence-electron chi connectivity index (χ0n) is 13.9. The average Bonchev–Trinajstić information content (AvgIpc) is 2.30. The van der Waals surface area contributed by atoms with Crippen LogP contribution in [0.3, 0.4) is 0 Å². The summed E-state index contributed by atoms with van der Waals surface area (Å²) in [5.74, 6) is 0.645. The quantitative estimate of drug-likeness (QED) is 0.508. The van der Waals surface area contributed by atoms with E-state index in [2.05, 4.69) is 27.7 Å². The van der Waals surface area contributed by atoms with Crippen LogP contribution >= 0.6 is 0 Å². The van der Waals surface area contributed by atoms with E-state index in [0.29, 0.717) is 5.92 Å². The lowest BCUT2D eigenvalue weighted by Gasteiger charge is -2.27. The van der Waals surface area contributed by atoms with Crippen molar-refractivity contribution in [2.24, 2.45) is 11.7 Å². The van der Waals surface area contributed by atoms with Crippen molar-refractivity contribution in [2.75, 3.05) is 0 Å². The SMILES string of the molecule is CCCCCCCCCCCCC(C)C(C)(C)N.O. The van der Waals surface area contributed by atoms with Crippen LogP contribution < -0.4 is 5.73 Å². The Hall–Kier alpha value is -0.0800. The standard InChI is InChI=1S/C17H37N.H2O/c1-5-6-7-8-9-10-11-12-13-14-15-16(2)17(3,4)18;/h16H,5-15,18H2,1-4H3;1H2. The van der Waals surface area contributed by atoms with Gasteiger partial charge in [-0.1, -0.05) is 78.1 Å². The molecule has 0 bridgehead atoms. The lowest BCUT2D eigenvalue weighted by atomic mass is 9.86. The summed E-state index contributed by atoms with van der Waals surface area (Å²) in [6.07, 6.45) is 15.5. The van der Waals surface area contributed by atoms with Gasteiger partial charge in [0.05, 0.1) is 0 Å². The predicted octanol–water partition coefficient (Wildman–Crippen LogP) is 4.85. The van der Waals surface area contributed by atoms with Crippen LogP contribution in [0.4, 0.5) is 0 Å². The number of hydrogen-bond acceptors (Lipinski definition) is 1. The highest BCUT2D eigenvalue weighted by Crippen LogP contribution is 2.20. The minimum Gasteiger partial charge on any atom is -0.412 e. The van der Waals surface area contributed by atoms with Crippen LogP contribution in [0, 0.1) is 5.92 Å². The lowest BCUT2D eigenvalue weighted by molar-refractivity contribution is 0.316. The molecule has 0 aliphatic rings. The van der Waals surface area contributed by atoms with E-state index in [-0.39, 0.29) is 11.0 Å². The monoisotopic (exact) mass is 273 g/mol. The van der Waals surface area contributed by atoms with Crippen LogP contribution in [0.25, 0.3) is 0 Å². The Bertz CT molecular complexity index is 175. The Morgan fingerprint density at radius 2 is 1.16 bits per heavy atom. The molecule has 19 heavy (non-hydrogen) atoms. The van der Waals surface area contributed by atoms with Crippen LogP contribution in [0.1, 0.15) is 98.3 Å². The molecule has 2 nitrogen and oxygen atoms in total. The normalized spacial score (nSPS) is 13.1. The fraction of sp³-hybridized carbons (Fsp3) is 1.00. The van der Waals surface area contributed by atoms with Crippen molar-refractivity contribution < 1.29 is 5.48 Å². The van der Waals surface area contributed by atoms with Gasteiger partial charge in [-0.15, -0.1) is 0 Å². The van der Waals surface area contributed by atoms with Crippen LogP contribution in [0.2, 0.25) is 0 Å². The molecule has 2 heteroatoms. The molecule has 0 aromatic heterocycles. The molecule has 0 rings (SSSR count). The summed E-state index contributed by atoms with van der Waals surface area (Å²) >= 11 is 0. The topological polar surface area (TPSA) is 57.5 Å². The highest BCUT2D eigenvalue weighted by atomic mass is 16.0. The lowest BCUT2D eigenvalue weighted by Crippen LogP contribution is -2.39. The molecular formula is C17H39NO. The number of nitrogens with two attached hydrogens (primary N) is 1. The minimum absolute atomic E-state index is 0. The molecule has 0 saturated carbocycles. The Balaban J connectivity index is 0. The molecule has 0 aromatic carbocycles. The zero-order chi connectivity index (χ0) is 13.9. The molecule has 0 fully saturated rings. The van der Waals surface area contributed by atoms with Crippen LogP contribution in [-0.2, 0) is 0 Å². The van der Waals surface area contributed by atoms with E-state index in [0.717, 1.165) is 0 Å². The Labute approximate surface area is 121 Å². The Kier molecular flexibility index (Phi) is 14.4. The molecule has 0 aliphatic heterocycles. The molecule has 0 radical (unpaired) electrons. The van der Waals surface area contributed by atoms with E-state index in [9.17, 15) is 0 Å². The van der Waals surface area contributed by atoms with Gasteiger partial charge in [-0.05, 0) is 26.2 Å². The largest absolute Gasteiger partial charge is 0.412 e. The zero-order valence-corrected chi connectivity index (χ0v) is 13.9. The van der Waals surface area contributed by atoms with E-state index >= 15 is 0 Å². The van der Waals surface area contributed by atoms with Gasteiger partial charge in [-0.3, -0.25) is 0 Å². The van der Waals surface area contributed by atoms with Crippen LogP contribution in [0.15, 0.2) is 0 Å². The van der Waals surface area contributed by atoms with Crippen molar-refractivity contribution in [3.63, 3.8) is 0 Å². The van der Waals surface area contributed by atoms with Crippen LogP contribution in [-0.4, -0.2) is 11.0 Å². The van der Waals surface area contributed by atoms with Gasteiger partial charge in [0.1, 0.15) is 0 Å². The van der Waals surface area contributed by atoms with Gasteiger partial charge in [-0.25, -0.2) is 0 Å². The summed E-state index contributed by atoms with van der Waals surface area (Å²) < 4.78 is 0. The second kappa shape index (κ2) is 12.9. The van der Waals surface area contributed by atoms with Gasteiger partial charge in [0.25, 0.3) is 0 Å². The highest BCUT2D eigenvalue weighted by Gasteiger charge is 2.19. The molecular weight excluding hydrogens is 234 g/mol. The van der Waals surface area contributed by atoms with Gasteiger partial charge in [0.15, 0.2) is 0 Å².